The van der Waals surface area contributed by atoms with Crippen LogP contribution in [0.2, 0.25) is 0 Å². The van der Waals surface area contributed by atoms with E-state index in [-0.39, 0.29) is 11.3 Å². The Kier molecular flexibility index (Phi) is 2.90. The number of fused-ring (bicyclic) bond motifs is 1. The maximum absolute atomic E-state index is 13.3. The molecule has 21 heavy (non-hydrogen) atoms. The molecule has 0 amide bonds. The van der Waals surface area contributed by atoms with Crippen LogP contribution in [0, 0.1) is 5.82 Å². The molecule has 0 bridgehead atoms. The Morgan fingerprint density at radius 1 is 1.14 bits per heavy atom. The van der Waals surface area contributed by atoms with Gasteiger partial charge in [-0.15, -0.1) is 0 Å². The fourth-order valence-electron chi connectivity index (χ4n) is 2.18. The van der Waals surface area contributed by atoms with Crippen molar-refractivity contribution in [3.05, 3.63) is 42.1 Å². The zero-order valence-corrected chi connectivity index (χ0v) is 12.0. The van der Waals surface area contributed by atoms with Gasteiger partial charge in [0.15, 0.2) is 5.65 Å². The first-order valence-electron chi connectivity index (χ1n) is 6.55. The van der Waals surface area contributed by atoms with Crippen LogP contribution in [0.25, 0.3) is 16.9 Å². The predicted octanol–water partition coefficient (Wildman–Crippen LogP) is 2.93. The van der Waals surface area contributed by atoms with Crippen LogP contribution in [0.5, 0.6) is 5.88 Å². The third-order valence-electron chi connectivity index (χ3n) is 3.26. The van der Waals surface area contributed by atoms with Crippen LogP contribution in [0.1, 0.15) is 26.3 Å². The van der Waals surface area contributed by atoms with E-state index < -0.39 is 5.82 Å². The minimum Gasteiger partial charge on any atom is -0.493 e. The Morgan fingerprint density at radius 3 is 2.57 bits per heavy atom. The van der Waals surface area contributed by atoms with E-state index in [1.54, 1.807) is 6.20 Å². The van der Waals surface area contributed by atoms with Gasteiger partial charge in [-0.2, -0.15) is 9.61 Å². The Labute approximate surface area is 121 Å². The molecule has 0 aromatic carbocycles. The topological polar surface area (TPSA) is 63.3 Å². The molecule has 0 saturated heterocycles. The van der Waals surface area contributed by atoms with Crippen molar-refractivity contribution in [3.8, 4) is 17.1 Å². The monoisotopic (exact) mass is 286 g/mol. The molecule has 6 heteroatoms. The van der Waals surface area contributed by atoms with Gasteiger partial charge in [-0.25, -0.2) is 9.37 Å². The second-order valence-corrected chi connectivity index (χ2v) is 5.94. The molecule has 0 radical (unpaired) electrons. The summed E-state index contributed by atoms with van der Waals surface area (Å²) >= 11 is 0. The van der Waals surface area contributed by atoms with E-state index in [0.29, 0.717) is 16.9 Å². The highest BCUT2D eigenvalue weighted by Gasteiger charge is 2.22. The van der Waals surface area contributed by atoms with Gasteiger partial charge in [0.25, 0.3) is 0 Å². The number of rotatable bonds is 1. The summed E-state index contributed by atoms with van der Waals surface area (Å²) in [7, 11) is 0. The van der Waals surface area contributed by atoms with E-state index in [1.807, 2.05) is 20.8 Å². The maximum atomic E-state index is 13.3. The molecule has 1 N–H and O–H groups in total. The summed E-state index contributed by atoms with van der Waals surface area (Å²) in [6.07, 6.45) is 4.32. The van der Waals surface area contributed by atoms with Crippen molar-refractivity contribution < 1.29 is 9.50 Å². The number of halogens is 1. The van der Waals surface area contributed by atoms with Crippen LogP contribution in [-0.4, -0.2) is 24.7 Å². The van der Waals surface area contributed by atoms with E-state index in [9.17, 15) is 9.50 Å². The van der Waals surface area contributed by atoms with E-state index in [2.05, 4.69) is 15.1 Å². The highest BCUT2D eigenvalue weighted by molar-refractivity contribution is 5.64. The van der Waals surface area contributed by atoms with E-state index in [4.69, 9.17) is 0 Å². The number of aromatic hydroxyl groups is 1. The smallest absolute Gasteiger partial charge is 0.216 e. The van der Waals surface area contributed by atoms with Gasteiger partial charge in [0.05, 0.1) is 18.1 Å². The van der Waals surface area contributed by atoms with Crippen molar-refractivity contribution in [1.29, 1.82) is 0 Å². The summed E-state index contributed by atoms with van der Waals surface area (Å²) < 4.78 is 14.7. The highest BCUT2D eigenvalue weighted by atomic mass is 19.1. The average molecular weight is 286 g/mol. The van der Waals surface area contributed by atoms with Crippen LogP contribution >= 0.6 is 0 Å². The summed E-state index contributed by atoms with van der Waals surface area (Å²) in [4.78, 5) is 8.32. The Bertz CT molecular complexity index is 820. The number of aromatic nitrogens is 4. The summed E-state index contributed by atoms with van der Waals surface area (Å²) in [6, 6.07) is 2.78. The van der Waals surface area contributed by atoms with Crippen molar-refractivity contribution in [2.45, 2.75) is 26.2 Å². The number of pyridine rings is 1. The SMILES string of the molecule is CC(C)(C)c1cnn2c(O)cc(-c3cncc(F)c3)nc12. The van der Waals surface area contributed by atoms with Crippen LogP contribution in [0.15, 0.2) is 30.7 Å². The van der Waals surface area contributed by atoms with Gasteiger partial charge in [-0.1, -0.05) is 20.8 Å². The molecule has 0 aliphatic carbocycles. The molecule has 0 saturated carbocycles. The molecule has 0 unspecified atom stereocenters. The van der Waals surface area contributed by atoms with Gasteiger partial charge in [0.2, 0.25) is 5.88 Å². The average Bonchev–Trinajstić information content (AvgIpc) is 2.83. The third kappa shape index (κ3) is 2.33. The second kappa shape index (κ2) is 4.51. The minimum atomic E-state index is -0.446. The summed E-state index contributed by atoms with van der Waals surface area (Å²) in [5.41, 5.74) is 2.26. The number of hydrogen-bond acceptors (Lipinski definition) is 4. The molecule has 0 aliphatic rings. The number of hydrogen-bond donors (Lipinski definition) is 1. The van der Waals surface area contributed by atoms with Gasteiger partial charge < -0.3 is 5.11 Å². The summed E-state index contributed by atoms with van der Waals surface area (Å²) in [5.74, 6) is -0.493. The molecule has 0 spiro atoms. The molecule has 5 nitrogen and oxygen atoms in total. The first-order chi connectivity index (χ1) is 9.86. The Morgan fingerprint density at radius 2 is 1.90 bits per heavy atom. The highest BCUT2D eigenvalue weighted by Crippen LogP contribution is 2.29. The molecule has 0 fully saturated rings. The van der Waals surface area contributed by atoms with Gasteiger partial charge in [0, 0.05) is 23.4 Å². The molecular formula is C15H15FN4O. The maximum Gasteiger partial charge on any atom is 0.216 e. The molecular weight excluding hydrogens is 271 g/mol. The van der Waals surface area contributed by atoms with Crippen LogP contribution < -0.4 is 0 Å². The van der Waals surface area contributed by atoms with Gasteiger partial charge in [-0.05, 0) is 11.5 Å². The van der Waals surface area contributed by atoms with E-state index in [1.165, 1.54) is 22.8 Å². The lowest BCUT2D eigenvalue weighted by atomic mass is 9.89. The van der Waals surface area contributed by atoms with Crippen molar-refractivity contribution in [2.75, 3.05) is 0 Å². The van der Waals surface area contributed by atoms with Gasteiger partial charge in [-0.3, -0.25) is 4.98 Å². The second-order valence-electron chi connectivity index (χ2n) is 5.94. The Balaban J connectivity index is 2.27. The van der Waals surface area contributed by atoms with Gasteiger partial charge >= 0.3 is 0 Å². The van der Waals surface area contributed by atoms with Crippen LogP contribution in [0.3, 0.4) is 0 Å². The third-order valence-corrected chi connectivity index (χ3v) is 3.26. The number of nitrogens with zero attached hydrogens (tertiary/aromatic N) is 4. The zero-order valence-electron chi connectivity index (χ0n) is 12.0. The standard InChI is InChI=1S/C15H15FN4O/c1-15(2,3)11-8-18-20-13(21)5-12(19-14(11)20)9-4-10(16)7-17-6-9/h4-8,21H,1-3H3. The van der Waals surface area contributed by atoms with Crippen LogP contribution in [0.4, 0.5) is 4.39 Å². The fraction of sp³-hybridized carbons (Fsp3) is 0.267. The molecule has 3 aromatic rings. The van der Waals surface area contributed by atoms with Crippen LogP contribution in [-0.2, 0) is 5.41 Å². The zero-order chi connectivity index (χ0) is 15.2. The first-order valence-corrected chi connectivity index (χ1v) is 6.55. The van der Waals surface area contributed by atoms with Crippen molar-refractivity contribution in [1.82, 2.24) is 19.6 Å². The normalized spacial score (nSPS) is 12.0. The molecule has 3 rings (SSSR count). The fourth-order valence-corrected chi connectivity index (χ4v) is 2.18. The lowest BCUT2D eigenvalue weighted by Crippen LogP contribution is -2.11. The quantitative estimate of drug-likeness (QED) is 0.747. The molecule has 0 atom stereocenters. The lowest BCUT2D eigenvalue weighted by Gasteiger charge is -2.16. The van der Waals surface area contributed by atoms with Crippen molar-refractivity contribution >= 4 is 5.65 Å². The molecule has 0 aliphatic heterocycles. The molecule has 3 aromatic heterocycles. The first kappa shape index (κ1) is 13.5. The lowest BCUT2D eigenvalue weighted by molar-refractivity contribution is 0.435. The largest absolute Gasteiger partial charge is 0.493 e. The Hall–Kier alpha value is -2.50. The summed E-state index contributed by atoms with van der Waals surface area (Å²) in [6.45, 7) is 6.12. The molecule has 108 valence electrons. The van der Waals surface area contributed by atoms with E-state index >= 15 is 0 Å². The van der Waals surface area contributed by atoms with Crippen molar-refractivity contribution in [2.24, 2.45) is 0 Å². The molecule has 3 heterocycles. The minimum absolute atomic E-state index is 0.0465. The predicted molar refractivity (Wildman–Crippen MR) is 76.5 cm³/mol. The summed E-state index contributed by atoms with van der Waals surface area (Å²) in [5, 5.41) is 14.3. The van der Waals surface area contributed by atoms with Gasteiger partial charge in [0.1, 0.15) is 5.82 Å². The van der Waals surface area contributed by atoms with E-state index in [0.717, 1.165) is 11.8 Å². The van der Waals surface area contributed by atoms with Crippen molar-refractivity contribution in [3.63, 3.8) is 0 Å².